The number of fused-ring (bicyclic) bond motifs is 1. The number of aliphatic carboxylic acids is 1. The SMILES string of the molecule is Cn1nc2ccccc2c1C(=O)N(CC(=O)O)CC(C)(C)C. The maximum absolute atomic E-state index is 12.9. The molecule has 0 fully saturated rings. The number of aryl methyl sites for hydroxylation is 1. The minimum absolute atomic E-state index is 0.195. The Balaban J connectivity index is 2.44. The summed E-state index contributed by atoms with van der Waals surface area (Å²) in [4.78, 5) is 25.3. The maximum atomic E-state index is 12.9. The Labute approximate surface area is 129 Å². The fourth-order valence-electron chi connectivity index (χ4n) is 2.49. The second-order valence-corrected chi connectivity index (χ2v) is 6.60. The van der Waals surface area contributed by atoms with Crippen LogP contribution >= 0.6 is 0 Å². The molecule has 1 heterocycles. The number of carbonyl (C=O) groups excluding carboxylic acids is 1. The average Bonchev–Trinajstić information content (AvgIpc) is 2.70. The average molecular weight is 303 g/mol. The van der Waals surface area contributed by atoms with Gasteiger partial charge in [0.05, 0.1) is 5.52 Å². The van der Waals surface area contributed by atoms with Gasteiger partial charge in [-0.25, -0.2) is 0 Å². The van der Waals surface area contributed by atoms with Crippen molar-refractivity contribution in [3.8, 4) is 0 Å². The van der Waals surface area contributed by atoms with Gasteiger partial charge in [-0.1, -0.05) is 39.0 Å². The summed E-state index contributed by atoms with van der Waals surface area (Å²) in [5.41, 5.74) is 0.944. The standard InChI is InChI=1S/C16H21N3O3/c1-16(2,3)10-19(9-13(20)21)15(22)14-11-7-5-6-8-12(11)17-18(14)4/h5-8H,9-10H2,1-4H3,(H,20,21). The van der Waals surface area contributed by atoms with Crippen molar-refractivity contribution in [2.24, 2.45) is 12.5 Å². The number of carboxylic acids is 1. The molecule has 0 radical (unpaired) electrons. The molecule has 0 spiro atoms. The zero-order valence-corrected chi connectivity index (χ0v) is 13.3. The van der Waals surface area contributed by atoms with Gasteiger partial charge in [0.15, 0.2) is 0 Å². The molecule has 1 aromatic heterocycles. The molecule has 2 aromatic rings. The van der Waals surface area contributed by atoms with E-state index in [1.165, 1.54) is 9.58 Å². The summed E-state index contributed by atoms with van der Waals surface area (Å²) in [7, 11) is 1.70. The van der Waals surface area contributed by atoms with Crippen LogP contribution in [-0.4, -0.2) is 44.8 Å². The molecule has 6 heteroatoms. The van der Waals surface area contributed by atoms with Gasteiger partial charge in [0, 0.05) is 19.0 Å². The fourth-order valence-corrected chi connectivity index (χ4v) is 2.49. The Morgan fingerprint density at radius 1 is 1.27 bits per heavy atom. The molecular formula is C16H21N3O3. The quantitative estimate of drug-likeness (QED) is 0.939. The Hall–Kier alpha value is -2.37. The summed E-state index contributed by atoms with van der Waals surface area (Å²) in [5.74, 6) is -1.34. The van der Waals surface area contributed by atoms with Gasteiger partial charge in [-0.3, -0.25) is 14.3 Å². The normalized spacial score (nSPS) is 11.6. The molecule has 0 saturated carbocycles. The van der Waals surface area contributed by atoms with Crippen molar-refractivity contribution in [3.63, 3.8) is 0 Å². The number of carbonyl (C=O) groups is 2. The minimum Gasteiger partial charge on any atom is -0.480 e. The summed E-state index contributed by atoms with van der Waals surface area (Å²) in [6, 6.07) is 7.35. The van der Waals surface area contributed by atoms with Crippen LogP contribution in [0.15, 0.2) is 24.3 Å². The molecule has 6 nitrogen and oxygen atoms in total. The van der Waals surface area contributed by atoms with E-state index >= 15 is 0 Å². The third kappa shape index (κ3) is 3.44. The lowest BCUT2D eigenvalue weighted by Crippen LogP contribution is -2.41. The summed E-state index contributed by atoms with van der Waals surface area (Å²) < 4.78 is 1.52. The topological polar surface area (TPSA) is 75.4 Å². The fraction of sp³-hybridized carbons (Fsp3) is 0.438. The molecule has 22 heavy (non-hydrogen) atoms. The molecule has 1 amide bonds. The third-order valence-electron chi connectivity index (χ3n) is 3.22. The molecule has 0 aliphatic heterocycles. The van der Waals surface area contributed by atoms with Crippen LogP contribution in [0.1, 0.15) is 31.3 Å². The lowest BCUT2D eigenvalue weighted by molar-refractivity contribution is -0.138. The van der Waals surface area contributed by atoms with E-state index in [0.29, 0.717) is 12.2 Å². The zero-order chi connectivity index (χ0) is 16.5. The highest BCUT2D eigenvalue weighted by molar-refractivity contribution is 6.05. The molecule has 0 saturated heterocycles. The molecule has 1 aromatic carbocycles. The van der Waals surface area contributed by atoms with Gasteiger partial charge in [-0.2, -0.15) is 5.10 Å². The lowest BCUT2D eigenvalue weighted by Gasteiger charge is -2.28. The first-order valence-electron chi connectivity index (χ1n) is 7.12. The van der Waals surface area contributed by atoms with Crippen LogP contribution in [0, 0.1) is 5.41 Å². The predicted molar refractivity (Wildman–Crippen MR) is 83.7 cm³/mol. The van der Waals surface area contributed by atoms with Crippen LogP contribution in [0.3, 0.4) is 0 Å². The van der Waals surface area contributed by atoms with Crippen LogP contribution in [-0.2, 0) is 11.8 Å². The van der Waals surface area contributed by atoms with Crippen LogP contribution < -0.4 is 0 Å². The van der Waals surface area contributed by atoms with Crippen molar-refractivity contribution < 1.29 is 14.7 Å². The van der Waals surface area contributed by atoms with Crippen LogP contribution in [0.2, 0.25) is 0 Å². The van der Waals surface area contributed by atoms with Gasteiger partial charge in [0.25, 0.3) is 5.91 Å². The van der Waals surface area contributed by atoms with Crippen LogP contribution in [0.4, 0.5) is 0 Å². The Kier molecular flexibility index (Phi) is 4.21. The van der Waals surface area contributed by atoms with E-state index in [1.54, 1.807) is 7.05 Å². The highest BCUT2D eigenvalue weighted by atomic mass is 16.4. The van der Waals surface area contributed by atoms with Crippen molar-refractivity contribution in [2.45, 2.75) is 20.8 Å². The second-order valence-electron chi connectivity index (χ2n) is 6.60. The van der Waals surface area contributed by atoms with Gasteiger partial charge in [-0.15, -0.1) is 0 Å². The van der Waals surface area contributed by atoms with Gasteiger partial charge >= 0.3 is 5.97 Å². The van der Waals surface area contributed by atoms with Crippen molar-refractivity contribution in [2.75, 3.05) is 13.1 Å². The predicted octanol–water partition coefficient (Wildman–Crippen LogP) is 2.15. The second kappa shape index (κ2) is 5.79. The van der Waals surface area contributed by atoms with Crippen molar-refractivity contribution >= 4 is 22.8 Å². The number of carboxylic acid groups (broad SMARTS) is 1. The highest BCUT2D eigenvalue weighted by Gasteiger charge is 2.27. The largest absolute Gasteiger partial charge is 0.480 e. The number of aromatic nitrogens is 2. The molecule has 0 atom stereocenters. The lowest BCUT2D eigenvalue weighted by atomic mass is 9.96. The van der Waals surface area contributed by atoms with Gasteiger partial charge in [0.1, 0.15) is 12.2 Å². The number of amides is 1. The van der Waals surface area contributed by atoms with E-state index < -0.39 is 5.97 Å². The third-order valence-corrected chi connectivity index (χ3v) is 3.22. The van der Waals surface area contributed by atoms with Gasteiger partial charge in [0.2, 0.25) is 0 Å². The summed E-state index contributed by atoms with van der Waals surface area (Å²) >= 11 is 0. The van der Waals surface area contributed by atoms with Crippen LogP contribution in [0.5, 0.6) is 0 Å². The first-order valence-corrected chi connectivity index (χ1v) is 7.12. The molecule has 2 rings (SSSR count). The number of rotatable bonds is 4. The Morgan fingerprint density at radius 3 is 2.50 bits per heavy atom. The highest BCUT2D eigenvalue weighted by Crippen LogP contribution is 2.22. The molecule has 0 aliphatic carbocycles. The van der Waals surface area contributed by atoms with E-state index in [2.05, 4.69) is 5.10 Å². The van der Waals surface area contributed by atoms with Gasteiger partial charge in [-0.05, 0) is 11.5 Å². The Morgan fingerprint density at radius 2 is 1.91 bits per heavy atom. The van der Waals surface area contributed by atoms with Crippen molar-refractivity contribution in [1.29, 1.82) is 0 Å². The Bertz CT molecular complexity index is 713. The van der Waals surface area contributed by atoms with Gasteiger partial charge < -0.3 is 10.0 Å². The van der Waals surface area contributed by atoms with Crippen molar-refractivity contribution in [1.82, 2.24) is 14.7 Å². The van der Waals surface area contributed by atoms with E-state index in [1.807, 2.05) is 45.0 Å². The first-order chi connectivity index (χ1) is 10.2. The van der Waals surface area contributed by atoms with E-state index in [4.69, 9.17) is 5.11 Å². The smallest absolute Gasteiger partial charge is 0.323 e. The number of hydrogen-bond donors (Lipinski definition) is 1. The molecule has 0 aliphatic rings. The molecule has 0 unspecified atom stereocenters. The summed E-state index contributed by atoms with van der Waals surface area (Å²) in [5, 5.41) is 14.1. The zero-order valence-electron chi connectivity index (χ0n) is 13.3. The first kappa shape index (κ1) is 16.0. The molecule has 1 N–H and O–H groups in total. The maximum Gasteiger partial charge on any atom is 0.323 e. The molecule has 118 valence electrons. The molecular weight excluding hydrogens is 282 g/mol. The summed E-state index contributed by atoms with van der Waals surface area (Å²) in [6.07, 6.45) is 0. The van der Waals surface area contributed by atoms with E-state index in [0.717, 1.165) is 10.9 Å². The summed E-state index contributed by atoms with van der Waals surface area (Å²) in [6.45, 7) is 5.94. The molecule has 0 bridgehead atoms. The number of hydrogen-bond acceptors (Lipinski definition) is 3. The van der Waals surface area contributed by atoms with E-state index in [-0.39, 0.29) is 17.9 Å². The number of benzene rings is 1. The monoisotopic (exact) mass is 303 g/mol. The van der Waals surface area contributed by atoms with Crippen molar-refractivity contribution in [3.05, 3.63) is 30.0 Å². The number of nitrogens with zero attached hydrogens (tertiary/aromatic N) is 3. The van der Waals surface area contributed by atoms with E-state index in [9.17, 15) is 9.59 Å². The minimum atomic E-state index is -1.02. The van der Waals surface area contributed by atoms with Crippen LogP contribution in [0.25, 0.3) is 10.9 Å².